The van der Waals surface area contributed by atoms with Crippen LogP contribution in [0.2, 0.25) is 0 Å². The van der Waals surface area contributed by atoms with E-state index in [0.717, 1.165) is 0 Å². The molecule has 0 spiro atoms. The molecule has 0 saturated carbocycles. The van der Waals surface area contributed by atoms with Gasteiger partial charge in [-0.25, -0.2) is 0 Å². The molecule has 0 aromatic heterocycles. The Balaban J connectivity index is 4.85. The van der Waals surface area contributed by atoms with Crippen molar-refractivity contribution in [3.8, 4) is 0 Å². The molecule has 0 saturated heterocycles. The molecule has 0 aromatic carbocycles. The second kappa shape index (κ2) is 5.83. The van der Waals surface area contributed by atoms with Crippen LogP contribution in [-0.4, -0.2) is 41.3 Å². The van der Waals surface area contributed by atoms with E-state index in [1.54, 1.807) is 0 Å². The van der Waals surface area contributed by atoms with Crippen molar-refractivity contribution in [2.24, 2.45) is 11.1 Å². The van der Waals surface area contributed by atoms with Crippen LogP contribution in [-0.2, 0) is 0 Å². The van der Waals surface area contributed by atoms with Gasteiger partial charge in [-0.15, -0.1) is 0 Å². The molecule has 0 aliphatic rings. The first-order chi connectivity index (χ1) is 6.71. The standard InChI is InChI=1S/C12H28N2O/c1-9(2)14(7-8-15)11(10(3)13)12(4,5)6/h9-11,15H,7-8,13H2,1-6H3. The molecule has 2 unspecified atom stereocenters. The van der Waals surface area contributed by atoms with E-state index in [9.17, 15) is 0 Å². The Morgan fingerprint density at radius 3 is 1.87 bits per heavy atom. The fourth-order valence-electron chi connectivity index (χ4n) is 2.42. The minimum Gasteiger partial charge on any atom is -0.395 e. The Morgan fingerprint density at radius 1 is 1.20 bits per heavy atom. The number of aliphatic hydroxyl groups excluding tert-OH is 1. The molecule has 15 heavy (non-hydrogen) atoms. The van der Waals surface area contributed by atoms with Crippen molar-refractivity contribution < 1.29 is 5.11 Å². The van der Waals surface area contributed by atoms with Gasteiger partial charge in [-0.2, -0.15) is 0 Å². The quantitative estimate of drug-likeness (QED) is 0.731. The number of hydrogen-bond acceptors (Lipinski definition) is 3. The zero-order valence-electron chi connectivity index (χ0n) is 11.1. The summed E-state index contributed by atoms with van der Waals surface area (Å²) < 4.78 is 0. The maximum Gasteiger partial charge on any atom is 0.0558 e. The lowest BCUT2D eigenvalue weighted by Gasteiger charge is -2.44. The summed E-state index contributed by atoms with van der Waals surface area (Å²) in [6, 6.07) is 0.816. The van der Waals surface area contributed by atoms with E-state index in [1.807, 2.05) is 6.92 Å². The first kappa shape index (κ1) is 14.9. The van der Waals surface area contributed by atoms with Crippen molar-refractivity contribution >= 4 is 0 Å². The summed E-state index contributed by atoms with van der Waals surface area (Å²) in [6.07, 6.45) is 0. The lowest BCUT2D eigenvalue weighted by atomic mass is 9.81. The molecule has 0 fully saturated rings. The Morgan fingerprint density at radius 2 is 1.67 bits per heavy atom. The zero-order chi connectivity index (χ0) is 12.2. The molecule has 0 bridgehead atoms. The third kappa shape index (κ3) is 4.49. The van der Waals surface area contributed by atoms with Crippen LogP contribution in [0.25, 0.3) is 0 Å². The van der Waals surface area contributed by atoms with Crippen molar-refractivity contribution in [1.29, 1.82) is 0 Å². The van der Waals surface area contributed by atoms with Crippen molar-refractivity contribution in [2.45, 2.75) is 59.7 Å². The number of nitrogens with zero attached hydrogens (tertiary/aromatic N) is 1. The van der Waals surface area contributed by atoms with Gasteiger partial charge in [-0.1, -0.05) is 20.8 Å². The normalized spacial score (nSPS) is 17.2. The van der Waals surface area contributed by atoms with Crippen molar-refractivity contribution in [3.63, 3.8) is 0 Å². The first-order valence-corrected chi connectivity index (χ1v) is 5.84. The first-order valence-electron chi connectivity index (χ1n) is 5.84. The Hall–Kier alpha value is -0.120. The molecule has 0 aromatic rings. The summed E-state index contributed by atoms with van der Waals surface area (Å²) in [5, 5.41) is 9.10. The summed E-state index contributed by atoms with van der Waals surface area (Å²) in [6.45, 7) is 13.8. The lowest BCUT2D eigenvalue weighted by molar-refractivity contribution is 0.0410. The zero-order valence-corrected chi connectivity index (χ0v) is 11.1. The number of hydrogen-bond donors (Lipinski definition) is 2. The maximum atomic E-state index is 9.10. The maximum absolute atomic E-state index is 9.10. The monoisotopic (exact) mass is 216 g/mol. The summed E-state index contributed by atoms with van der Waals surface area (Å²) in [5.74, 6) is 0. The summed E-state index contributed by atoms with van der Waals surface area (Å²) in [4.78, 5) is 2.30. The molecule has 0 aliphatic carbocycles. The van der Waals surface area contributed by atoms with Crippen LogP contribution >= 0.6 is 0 Å². The minimum atomic E-state index is 0.110. The summed E-state index contributed by atoms with van der Waals surface area (Å²) in [5.41, 5.74) is 6.20. The average Bonchev–Trinajstić information content (AvgIpc) is 1.99. The topological polar surface area (TPSA) is 49.5 Å². The van der Waals surface area contributed by atoms with E-state index in [2.05, 4.69) is 39.5 Å². The van der Waals surface area contributed by atoms with Crippen molar-refractivity contribution in [1.82, 2.24) is 4.90 Å². The van der Waals surface area contributed by atoms with Gasteiger partial charge in [-0.05, 0) is 26.2 Å². The molecule has 92 valence electrons. The molecule has 3 nitrogen and oxygen atoms in total. The summed E-state index contributed by atoms with van der Waals surface area (Å²) in [7, 11) is 0. The van der Waals surface area contributed by atoms with E-state index >= 15 is 0 Å². The van der Waals surface area contributed by atoms with Gasteiger partial charge < -0.3 is 10.8 Å². The smallest absolute Gasteiger partial charge is 0.0558 e. The highest BCUT2D eigenvalue weighted by Crippen LogP contribution is 2.27. The second-order valence-electron chi connectivity index (χ2n) is 5.73. The molecule has 0 heterocycles. The minimum absolute atomic E-state index is 0.110. The Labute approximate surface area is 94.6 Å². The molecule has 2 atom stereocenters. The van der Waals surface area contributed by atoms with E-state index in [-0.39, 0.29) is 18.1 Å². The molecule has 3 N–H and O–H groups in total. The second-order valence-corrected chi connectivity index (χ2v) is 5.73. The number of aliphatic hydroxyl groups is 1. The number of rotatable bonds is 5. The van der Waals surface area contributed by atoms with Crippen LogP contribution in [0.5, 0.6) is 0 Å². The van der Waals surface area contributed by atoms with E-state index in [0.29, 0.717) is 18.6 Å². The van der Waals surface area contributed by atoms with Gasteiger partial charge in [0.05, 0.1) is 6.61 Å². The van der Waals surface area contributed by atoms with Crippen LogP contribution in [0.1, 0.15) is 41.5 Å². The van der Waals surface area contributed by atoms with Crippen molar-refractivity contribution in [2.75, 3.05) is 13.2 Å². The molecular formula is C12H28N2O. The average molecular weight is 216 g/mol. The molecule has 3 heteroatoms. The molecule has 0 aliphatic heterocycles. The Bertz CT molecular complexity index is 173. The van der Waals surface area contributed by atoms with Gasteiger partial charge in [0.1, 0.15) is 0 Å². The Kier molecular flexibility index (Phi) is 5.78. The number of nitrogens with two attached hydrogens (primary N) is 1. The van der Waals surface area contributed by atoms with E-state index in [4.69, 9.17) is 10.8 Å². The van der Waals surface area contributed by atoms with Gasteiger partial charge >= 0.3 is 0 Å². The van der Waals surface area contributed by atoms with Gasteiger partial charge in [0.25, 0.3) is 0 Å². The van der Waals surface area contributed by atoms with Crippen LogP contribution in [0, 0.1) is 5.41 Å². The van der Waals surface area contributed by atoms with Crippen LogP contribution < -0.4 is 5.73 Å². The van der Waals surface area contributed by atoms with Crippen LogP contribution in [0.3, 0.4) is 0 Å². The highest BCUT2D eigenvalue weighted by molar-refractivity contribution is 4.90. The van der Waals surface area contributed by atoms with Gasteiger partial charge in [0, 0.05) is 24.7 Å². The predicted octanol–water partition coefficient (Wildman–Crippen LogP) is 1.45. The summed E-state index contributed by atoms with van der Waals surface area (Å²) >= 11 is 0. The van der Waals surface area contributed by atoms with Crippen molar-refractivity contribution in [3.05, 3.63) is 0 Å². The molecular weight excluding hydrogens is 188 g/mol. The predicted molar refractivity (Wildman–Crippen MR) is 65.8 cm³/mol. The van der Waals surface area contributed by atoms with Gasteiger partial charge in [0.15, 0.2) is 0 Å². The van der Waals surface area contributed by atoms with Gasteiger partial charge in [-0.3, -0.25) is 4.90 Å². The van der Waals surface area contributed by atoms with Crippen LogP contribution in [0.4, 0.5) is 0 Å². The molecule has 0 rings (SSSR count). The van der Waals surface area contributed by atoms with E-state index < -0.39 is 0 Å². The van der Waals surface area contributed by atoms with Crippen LogP contribution in [0.15, 0.2) is 0 Å². The van der Waals surface area contributed by atoms with E-state index in [1.165, 1.54) is 0 Å². The molecule has 0 amide bonds. The lowest BCUT2D eigenvalue weighted by Crippen LogP contribution is -2.56. The largest absolute Gasteiger partial charge is 0.395 e. The SMILES string of the molecule is CC(N)C(N(CCO)C(C)C)C(C)(C)C. The highest BCUT2D eigenvalue weighted by atomic mass is 16.3. The third-order valence-electron chi connectivity index (χ3n) is 2.76. The van der Waals surface area contributed by atoms with Gasteiger partial charge in [0.2, 0.25) is 0 Å². The fourth-order valence-corrected chi connectivity index (χ4v) is 2.42. The molecule has 0 radical (unpaired) electrons. The third-order valence-corrected chi connectivity index (χ3v) is 2.76. The highest BCUT2D eigenvalue weighted by Gasteiger charge is 2.34. The fraction of sp³-hybridized carbons (Fsp3) is 1.00.